The van der Waals surface area contributed by atoms with Crippen molar-refractivity contribution < 1.29 is 9.59 Å². The standard InChI is InChI=1S/C19H26N6O2S/c1-2-20-18(27)21-17(26)14-28-19-23-22-16(13-24-10-6-7-11-24)25(19)12-15-8-4-3-5-9-15/h3-5,8-9H,2,6-7,10-14H2,1H3,(H2,20,21,26,27). The van der Waals surface area contributed by atoms with Gasteiger partial charge in [0.15, 0.2) is 5.16 Å². The molecule has 0 unspecified atom stereocenters. The zero-order valence-electron chi connectivity index (χ0n) is 16.1. The fourth-order valence-corrected chi connectivity index (χ4v) is 3.86. The van der Waals surface area contributed by atoms with E-state index in [1.807, 2.05) is 18.2 Å². The van der Waals surface area contributed by atoms with Gasteiger partial charge in [-0.3, -0.25) is 15.0 Å². The van der Waals surface area contributed by atoms with Gasteiger partial charge in [-0.1, -0.05) is 42.1 Å². The molecule has 0 aliphatic carbocycles. The molecule has 2 aromatic rings. The molecular weight excluding hydrogens is 376 g/mol. The number of carbonyl (C=O) groups is 2. The van der Waals surface area contributed by atoms with Crippen molar-refractivity contribution in [3.8, 4) is 0 Å². The second-order valence-electron chi connectivity index (χ2n) is 6.65. The molecule has 0 atom stereocenters. The Bertz CT molecular complexity index is 789. The molecule has 1 aliphatic heterocycles. The number of likely N-dealkylation sites (tertiary alicyclic amines) is 1. The average molecular weight is 403 g/mol. The Balaban J connectivity index is 1.69. The summed E-state index contributed by atoms with van der Waals surface area (Å²) in [5, 5.41) is 14.2. The number of thioether (sulfide) groups is 1. The molecule has 0 bridgehead atoms. The van der Waals surface area contributed by atoms with Crippen molar-refractivity contribution in [2.75, 3.05) is 25.4 Å². The summed E-state index contributed by atoms with van der Waals surface area (Å²) in [5.74, 6) is 0.650. The normalized spacial score (nSPS) is 14.2. The van der Waals surface area contributed by atoms with Crippen molar-refractivity contribution in [1.29, 1.82) is 0 Å². The minimum absolute atomic E-state index is 0.105. The third kappa shape index (κ3) is 5.80. The Morgan fingerprint density at radius 1 is 1.11 bits per heavy atom. The Morgan fingerprint density at radius 3 is 2.57 bits per heavy atom. The smallest absolute Gasteiger partial charge is 0.321 e. The van der Waals surface area contributed by atoms with Crippen LogP contribution in [-0.4, -0.2) is 57.0 Å². The lowest BCUT2D eigenvalue weighted by Gasteiger charge is -2.16. The van der Waals surface area contributed by atoms with E-state index in [1.165, 1.54) is 24.6 Å². The van der Waals surface area contributed by atoms with Gasteiger partial charge in [0.25, 0.3) is 0 Å². The zero-order valence-corrected chi connectivity index (χ0v) is 16.9. The number of hydrogen-bond acceptors (Lipinski definition) is 6. The summed E-state index contributed by atoms with van der Waals surface area (Å²) in [7, 11) is 0. The highest BCUT2D eigenvalue weighted by molar-refractivity contribution is 7.99. The quantitative estimate of drug-likeness (QED) is 0.655. The molecule has 1 fully saturated rings. The van der Waals surface area contributed by atoms with Crippen LogP contribution in [0.5, 0.6) is 0 Å². The first-order valence-electron chi connectivity index (χ1n) is 9.54. The minimum Gasteiger partial charge on any atom is -0.338 e. The molecule has 0 spiro atoms. The molecule has 3 rings (SSSR count). The van der Waals surface area contributed by atoms with Crippen molar-refractivity contribution >= 4 is 23.7 Å². The Kier molecular flexibility index (Phi) is 7.44. The van der Waals surface area contributed by atoms with E-state index in [1.54, 1.807) is 6.92 Å². The van der Waals surface area contributed by atoms with Gasteiger partial charge in [-0.05, 0) is 38.4 Å². The van der Waals surface area contributed by atoms with E-state index in [0.29, 0.717) is 18.2 Å². The number of hydrogen-bond donors (Lipinski definition) is 2. The fraction of sp³-hybridized carbons (Fsp3) is 0.474. The highest BCUT2D eigenvalue weighted by atomic mass is 32.2. The summed E-state index contributed by atoms with van der Waals surface area (Å²) >= 11 is 1.29. The maximum Gasteiger partial charge on any atom is 0.321 e. The average Bonchev–Trinajstić information content (AvgIpc) is 3.32. The second kappa shape index (κ2) is 10.2. The van der Waals surface area contributed by atoms with Crippen molar-refractivity contribution in [1.82, 2.24) is 30.3 Å². The van der Waals surface area contributed by atoms with Gasteiger partial charge in [-0.25, -0.2) is 4.79 Å². The van der Waals surface area contributed by atoms with Gasteiger partial charge in [-0.2, -0.15) is 0 Å². The van der Waals surface area contributed by atoms with Crippen LogP contribution in [0.4, 0.5) is 4.79 Å². The summed E-state index contributed by atoms with van der Waals surface area (Å²) in [5.41, 5.74) is 1.15. The monoisotopic (exact) mass is 402 g/mol. The van der Waals surface area contributed by atoms with Crippen LogP contribution >= 0.6 is 11.8 Å². The molecule has 3 amide bonds. The van der Waals surface area contributed by atoms with Gasteiger partial charge in [-0.15, -0.1) is 10.2 Å². The van der Waals surface area contributed by atoms with Crippen molar-refractivity contribution in [3.05, 3.63) is 41.7 Å². The highest BCUT2D eigenvalue weighted by Gasteiger charge is 2.19. The first kappa shape index (κ1) is 20.3. The van der Waals surface area contributed by atoms with Crippen LogP contribution in [0.2, 0.25) is 0 Å². The summed E-state index contributed by atoms with van der Waals surface area (Å²) in [6.45, 7) is 5.83. The molecule has 1 aromatic heterocycles. The third-order valence-electron chi connectivity index (χ3n) is 4.46. The number of nitrogens with one attached hydrogen (secondary N) is 2. The Labute approximate surface area is 169 Å². The highest BCUT2D eigenvalue weighted by Crippen LogP contribution is 2.20. The Hall–Kier alpha value is -2.39. The van der Waals surface area contributed by atoms with E-state index in [9.17, 15) is 9.59 Å². The predicted octanol–water partition coefficient (Wildman–Crippen LogP) is 1.86. The summed E-state index contributed by atoms with van der Waals surface area (Å²) in [6, 6.07) is 9.65. The number of carbonyl (C=O) groups excluding carboxylic acids is 2. The number of amides is 3. The number of aromatic nitrogens is 3. The van der Waals surface area contributed by atoms with E-state index >= 15 is 0 Å². The third-order valence-corrected chi connectivity index (χ3v) is 5.43. The van der Waals surface area contributed by atoms with Gasteiger partial charge < -0.3 is 9.88 Å². The number of benzene rings is 1. The van der Waals surface area contributed by atoms with Crippen LogP contribution < -0.4 is 10.6 Å². The van der Waals surface area contributed by atoms with Crippen molar-refractivity contribution in [3.63, 3.8) is 0 Å². The predicted molar refractivity (Wildman–Crippen MR) is 108 cm³/mol. The molecule has 8 nitrogen and oxygen atoms in total. The van der Waals surface area contributed by atoms with Gasteiger partial charge in [0, 0.05) is 6.54 Å². The van der Waals surface area contributed by atoms with E-state index in [0.717, 1.165) is 31.0 Å². The first-order chi connectivity index (χ1) is 13.7. The molecular formula is C19H26N6O2S. The lowest BCUT2D eigenvalue weighted by Crippen LogP contribution is -2.40. The molecule has 1 aliphatic rings. The fourth-order valence-electron chi connectivity index (χ4n) is 3.11. The molecule has 150 valence electrons. The maximum absolute atomic E-state index is 12.0. The maximum atomic E-state index is 12.0. The summed E-state index contributed by atoms with van der Waals surface area (Å²) < 4.78 is 2.07. The van der Waals surface area contributed by atoms with Crippen LogP contribution in [0.25, 0.3) is 0 Å². The van der Waals surface area contributed by atoms with Gasteiger partial charge in [0.2, 0.25) is 5.91 Å². The van der Waals surface area contributed by atoms with E-state index in [2.05, 4.69) is 42.4 Å². The van der Waals surface area contributed by atoms with Crippen LogP contribution in [0.15, 0.2) is 35.5 Å². The van der Waals surface area contributed by atoms with Gasteiger partial charge >= 0.3 is 6.03 Å². The number of nitrogens with zero attached hydrogens (tertiary/aromatic N) is 4. The summed E-state index contributed by atoms with van der Waals surface area (Å²) in [4.78, 5) is 25.9. The molecule has 1 saturated heterocycles. The van der Waals surface area contributed by atoms with E-state index < -0.39 is 6.03 Å². The largest absolute Gasteiger partial charge is 0.338 e. The van der Waals surface area contributed by atoms with Crippen molar-refractivity contribution in [2.24, 2.45) is 0 Å². The SMILES string of the molecule is CCNC(=O)NC(=O)CSc1nnc(CN2CCCC2)n1Cc1ccccc1. The lowest BCUT2D eigenvalue weighted by molar-refractivity contribution is -0.117. The van der Waals surface area contributed by atoms with Gasteiger partial charge in [0.05, 0.1) is 18.8 Å². The molecule has 2 N–H and O–H groups in total. The molecule has 2 heterocycles. The van der Waals surface area contributed by atoms with Crippen LogP contribution in [0.3, 0.4) is 0 Å². The lowest BCUT2D eigenvalue weighted by atomic mass is 10.2. The van der Waals surface area contributed by atoms with Gasteiger partial charge in [0.1, 0.15) is 5.82 Å². The summed E-state index contributed by atoms with van der Waals surface area (Å²) in [6.07, 6.45) is 2.43. The van der Waals surface area contributed by atoms with Crippen LogP contribution in [-0.2, 0) is 17.9 Å². The second-order valence-corrected chi connectivity index (χ2v) is 7.59. The minimum atomic E-state index is -0.478. The molecule has 0 radical (unpaired) electrons. The van der Waals surface area contributed by atoms with E-state index in [-0.39, 0.29) is 11.7 Å². The number of urea groups is 1. The molecule has 0 saturated carbocycles. The molecule has 9 heteroatoms. The number of rotatable bonds is 8. The van der Waals surface area contributed by atoms with E-state index in [4.69, 9.17) is 0 Å². The van der Waals surface area contributed by atoms with Crippen LogP contribution in [0, 0.1) is 0 Å². The Morgan fingerprint density at radius 2 is 1.86 bits per heavy atom. The zero-order chi connectivity index (χ0) is 19.8. The molecule has 1 aromatic carbocycles. The van der Waals surface area contributed by atoms with Crippen LogP contribution in [0.1, 0.15) is 31.2 Å². The topological polar surface area (TPSA) is 92.2 Å². The number of imide groups is 1. The molecule has 28 heavy (non-hydrogen) atoms. The van der Waals surface area contributed by atoms with Crippen molar-refractivity contribution in [2.45, 2.75) is 38.0 Å². The first-order valence-corrected chi connectivity index (χ1v) is 10.5.